The van der Waals surface area contributed by atoms with E-state index in [1.807, 2.05) is 43.3 Å². The van der Waals surface area contributed by atoms with E-state index in [-0.39, 0.29) is 10.6 Å². The van der Waals surface area contributed by atoms with Gasteiger partial charge in [-0.3, -0.25) is 14.6 Å². The molecular weight excluding hydrogens is 398 g/mol. The van der Waals surface area contributed by atoms with Crippen molar-refractivity contribution in [1.82, 2.24) is 5.01 Å². The Labute approximate surface area is 179 Å². The molecule has 4 aliphatic rings. The molecule has 1 aromatic carbocycles. The fraction of sp³-hybridized carbons (Fsp3) is 0.381. The number of fused-ring (bicyclic) bond motifs is 2. The van der Waals surface area contributed by atoms with Crippen LogP contribution in [0.5, 0.6) is 0 Å². The van der Waals surface area contributed by atoms with Crippen molar-refractivity contribution in [3.8, 4) is 0 Å². The fourth-order valence-electron chi connectivity index (χ4n) is 4.46. The third-order valence-corrected chi connectivity index (χ3v) is 6.30. The van der Waals surface area contributed by atoms with E-state index < -0.39 is 17.3 Å². The molecule has 4 heterocycles. The van der Waals surface area contributed by atoms with Crippen LogP contribution in [0.25, 0.3) is 0 Å². The molecule has 10 nitrogen and oxygen atoms in total. The lowest BCUT2D eigenvalue weighted by atomic mass is 9.86. The summed E-state index contributed by atoms with van der Waals surface area (Å²) in [5.74, 6) is -0.258. The number of carboxylic acid groups (broad SMARTS) is 1. The summed E-state index contributed by atoms with van der Waals surface area (Å²) in [6.45, 7) is 4.88. The standard InChI is InChI=1S/C21H23N7O3/c1-21(2)15-6-5-14(10-16(15)24-19(21)31)23-20-25-17-11-22-7-9-28(17,26-20)27-8-3-4-13(12-27)18(29)30/h5-7,9-11,13H,3-4,8,12H2,1-2H3,(H2-,23,24,26,29,30,31)/p+1. The molecule has 1 amide bonds. The normalized spacial score (nSPS) is 28.5. The number of rotatable bonds is 3. The number of aliphatic carboxylic acids is 1. The Balaban J connectivity index is 1.43. The van der Waals surface area contributed by atoms with Crippen molar-refractivity contribution in [3.05, 3.63) is 36.2 Å². The predicted octanol–water partition coefficient (Wildman–Crippen LogP) is 2.10. The molecule has 1 saturated heterocycles. The molecule has 0 saturated carbocycles. The Kier molecular flexibility index (Phi) is 4.31. The number of benzene rings is 1. The van der Waals surface area contributed by atoms with Crippen molar-refractivity contribution >= 4 is 41.3 Å². The number of nitrogens with zero attached hydrogens (tertiary/aromatic N) is 5. The molecule has 3 N–H and O–H groups in total. The van der Waals surface area contributed by atoms with Gasteiger partial charge in [0.15, 0.2) is 6.20 Å². The Bertz CT molecular complexity index is 1100. The Hall–Kier alpha value is -3.37. The quantitative estimate of drug-likeness (QED) is 0.645. The number of nitrogens with one attached hydrogen (secondary N) is 2. The highest BCUT2D eigenvalue weighted by Gasteiger charge is 2.49. The van der Waals surface area contributed by atoms with Crippen molar-refractivity contribution in [2.75, 3.05) is 23.7 Å². The Morgan fingerprint density at radius 3 is 3.03 bits per heavy atom. The van der Waals surface area contributed by atoms with E-state index in [0.29, 0.717) is 31.3 Å². The number of carboxylic acids is 1. The average Bonchev–Trinajstić information content (AvgIpc) is 3.22. The van der Waals surface area contributed by atoms with Crippen LogP contribution in [0.2, 0.25) is 0 Å². The SMILES string of the molecule is CC1(C)C(=O)Nc2cc(NC3=N[N+]4(N5CCCC(C(=O)O)C5)C=CN=CC4=N3)ccc21. The van der Waals surface area contributed by atoms with Gasteiger partial charge in [0.2, 0.25) is 5.91 Å². The van der Waals surface area contributed by atoms with E-state index >= 15 is 0 Å². The lowest BCUT2D eigenvalue weighted by molar-refractivity contribution is -0.919. The smallest absolute Gasteiger partial charge is 0.308 e. The first-order valence-electron chi connectivity index (χ1n) is 10.3. The minimum atomic E-state index is -0.791. The molecule has 0 aromatic heterocycles. The van der Waals surface area contributed by atoms with Gasteiger partial charge in [0.05, 0.1) is 30.6 Å². The van der Waals surface area contributed by atoms with Crippen LogP contribution in [0.4, 0.5) is 11.4 Å². The molecule has 0 radical (unpaired) electrons. The number of piperidine rings is 1. The van der Waals surface area contributed by atoms with Gasteiger partial charge in [0.1, 0.15) is 6.21 Å². The van der Waals surface area contributed by atoms with Gasteiger partial charge >= 0.3 is 11.8 Å². The number of carbonyl (C=O) groups is 2. The maximum atomic E-state index is 12.2. The van der Waals surface area contributed by atoms with Crippen LogP contribution < -0.4 is 10.6 Å². The third kappa shape index (κ3) is 3.06. The summed E-state index contributed by atoms with van der Waals surface area (Å²) in [6, 6.07) is 5.70. The van der Waals surface area contributed by atoms with Gasteiger partial charge in [-0.05, 0) is 54.2 Å². The van der Waals surface area contributed by atoms with Gasteiger partial charge in [-0.15, -0.1) is 10.0 Å². The second kappa shape index (κ2) is 6.82. The highest BCUT2D eigenvalue weighted by Crippen LogP contribution is 2.39. The van der Waals surface area contributed by atoms with Gasteiger partial charge in [0, 0.05) is 11.4 Å². The van der Waals surface area contributed by atoms with Crippen LogP contribution in [0.3, 0.4) is 0 Å². The number of carbonyl (C=O) groups excluding carboxylic acids is 1. The van der Waals surface area contributed by atoms with Crippen LogP contribution >= 0.6 is 0 Å². The van der Waals surface area contributed by atoms with Crippen LogP contribution in [0.1, 0.15) is 32.3 Å². The lowest BCUT2D eigenvalue weighted by Gasteiger charge is -2.38. The molecular formula is C21H24N7O3+. The van der Waals surface area contributed by atoms with Crippen LogP contribution in [0, 0.1) is 5.92 Å². The predicted molar refractivity (Wildman–Crippen MR) is 116 cm³/mol. The first kappa shape index (κ1) is 19.6. The number of amides is 1. The van der Waals surface area contributed by atoms with E-state index in [1.165, 1.54) is 0 Å². The topological polar surface area (TPSA) is 119 Å². The monoisotopic (exact) mass is 422 g/mol. The number of aliphatic imine (C=N–C) groups is 2. The zero-order valence-corrected chi connectivity index (χ0v) is 17.4. The van der Waals surface area contributed by atoms with Gasteiger partial charge in [-0.1, -0.05) is 6.07 Å². The van der Waals surface area contributed by atoms with E-state index in [9.17, 15) is 14.7 Å². The van der Waals surface area contributed by atoms with E-state index in [2.05, 4.69) is 20.6 Å². The highest BCUT2D eigenvalue weighted by molar-refractivity contribution is 6.30. The number of hydrogen-bond donors (Lipinski definition) is 3. The number of guanidine groups is 1. The van der Waals surface area contributed by atoms with E-state index in [0.717, 1.165) is 23.4 Å². The molecule has 2 atom stereocenters. The Morgan fingerprint density at radius 1 is 1.39 bits per heavy atom. The summed E-state index contributed by atoms with van der Waals surface area (Å²) in [5.41, 5.74) is 1.91. The second-order valence-electron chi connectivity index (χ2n) is 8.67. The summed E-state index contributed by atoms with van der Waals surface area (Å²) < 4.78 is -0.0235. The summed E-state index contributed by atoms with van der Waals surface area (Å²) in [7, 11) is 0. The molecule has 1 fully saturated rings. The summed E-state index contributed by atoms with van der Waals surface area (Å²) in [5, 5.41) is 22.4. The van der Waals surface area contributed by atoms with Crippen molar-refractivity contribution in [1.29, 1.82) is 0 Å². The minimum absolute atomic E-state index is 0.0235. The fourth-order valence-corrected chi connectivity index (χ4v) is 4.46. The summed E-state index contributed by atoms with van der Waals surface area (Å²) >= 11 is 0. The van der Waals surface area contributed by atoms with Gasteiger partial charge in [0.25, 0.3) is 5.96 Å². The van der Waals surface area contributed by atoms with Crippen molar-refractivity contribution < 1.29 is 19.4 Å². The van der Waals surface area contributed by atoms with Crippen molar-refractivity contribution in [2.45, 2.75) is 32.1 Å². The molecule has 5 rings (SSSR count). The molecule has 0 bridgehead atoms. The van der Waals surface area contributed by atoms with Crippen LogP contribution in [0.15, 0.2) is 45.7 Å². The van der Waals surface area contributed by atoms with Gasteiger partial charge < -0.3 is 15.7 Å². The number of hydrogen-bond acceptors (Lipinski definition) is 7. The average molecular weight is 422 g/mol. The summed E-state index contributed by atoms with van der Waals surface area (Å²) in [4.78, 5) is 32.6. The molecule has 2 unspecified atom stereocenters. The third-order valence-electron chi connectivity index (χ3n) is 6.30. The largest absolute Gasteiger partial charge is 0.481 e. The number of quaternary nitrogens is 1. The highest BCUT2D eigenvalue weighted by atomic mass is 16.4. The van der Waals surface area contributed by atoms with Crippen LogP contribution in [-0.4, -0.2) is 57.8 Å². The summed E-state index contributed by atoms with van der Waals surface area (Å²) in [6.07, 6.45) is 6.54. The van der Waals surface area contributed by atoms with E-state index in [1.54, 1.807) is 12.4 Å². The molecule has 0 aliphatic carbocycles. The zero-order chi connectivity index (χ0) is 21.8. The van der Waals surface area contributed by atoms with Crippen LogP contribution in [-0.2, 0) is 15.0 Å². The van der Waals surface area contributed by atoms with Crippen molar-refractivity contribution in [3.63, 3.8) is 0 Å². The van der Waals surface area contributed by atoms with Crippen molar-refractivity contribution in [2.24, 2.45) is 21.0 Å². The first-order valence-corrected chi connectivity index (χ1v) is 10.3. The zero-order valence-electron chi connectivity index (χ0n) is 17.4. The molecule has 1 aromatic rings. The molecule has 0 spiro atoms. The molecule has 31 heavy (non-hydrogen) atoms. The number of amidine groups is 1. The molecule has 4 aliphatic heterocycles. The maximum Gasteiger partial charge on any atom is 0.308 e. The molecule has 160 valence electrons. The molecule has 10 heteroatoms. The first-order chi connectivity index (χ1) is 14.8. The lowest BCUT2D eigenvalue weighted by Crippen LogP contribution is -2.60. The van der Waals surface area contributed by atoms with E-state index in [4.69, 9.17) is 5.10 Å². The van der Waals surface area contributed by atoms with Gasteiger partial charge in [-0.25, -0.2) is 0 Å². The maximum absolute atomic E-state index is 12.2. The number of anilines is 2. The van der Waals surface area contributed by atoms with Gasteiger partial charge in [-0.2, -0.15) is 0 Å². The Morgan fingerprint density at radius 2 is 2.23 bits per heavy atom. The second-order valence-corrected chi connectivity index (χ2v) is 8.67. The minimum Gasteiger partial charge on any atom is -0.481 e.